The molecule has 0 fully saturated rings. The standard InChI is InChI=1S/C12H16OSi/c1-9-7-10-8-11(14(2,3)4)5-6-12(10)13-9/h5-8H,1-4H3. The molecule has 0 aliphatic heterocycles. The Morgan fingerprint density at radius 1 is 1.07 bits per heavy atom. The molecule has 0 aliphatic rings. The number of furan rings is 1. The Labute approximate surface area is 85.7 Å². The fourth-order valence-corrected chi connectivity index (χ4v) is 2.81. The van der Waals surface area contributed by atoms with Crippen molar-refractivity contribution in [2.75, 3.05) is 0 Å². The highest BCUT2D eigenvalue weighted by Crippen LogP contribution is 2.18. The average Bonchev–Trinajstić information content (AvgIpc) is 2.41. The molecule has 0 spiro atoms. The molecule has 0 atom stereocenters. The van der Waals surface area contributed by atoms with E-state index in [4.69, 9.17) is 4.42 Å². The average molecular weight is 204 g/mol. The zero-order chi connectivity index (χ0) is 10.3. The lowest BCUT2D eigenvalue weighted by molar-refractivity contribution is 0.578. The van der Waals surface area contributed by atoms with E-state index in [1.165, 1.54) is 10.6 Å². The van der Waals surface area contributed by atoms with Gasteiger partial charge in [0.25, 0.3) is 0 Å². The van der Waals surface area contributed by atoms with Gasteiger partial charge in [0, 0.05) is 5.39 Å². The van der Waals surface area contributed by atoms with Crippen LogP contribution in [0.3, 0.4) is 0 Å². The van der Waals surface area contributed by atoms with Gasteiger partial charge in [-0.1, -0.05) is 37.0 Å². The number of hydrogen-bond acceptors (Lipinski definition) is 1. The third-order valence-electron chi connectivity index (χ3n) is 2.51. The second-order valence-electron chi connectivity index (χ2n) is 4.86. The molecule has 0 saturated carbocycles. The molecule has 0 aliphatic carbocycles. The fraction of sp³-hybridized carbons (Fsp3) is 0.333. The van der Waals surface area contributed by atoms with Crippen LogP contribution in [0.5, 0.6) is 0 Å². The summed E-state index contributed by atoms with van der Waals surface area (Å²) in [5.74, 6) is 0.993. The lowest BCUT2D eigenvalue weighted by atomic mass is 10.2. The van der Waals surface area contributed by atoms with Crippen LogP contribution in [0.25, 0.3) is 11.0 Å². The second kappa shape index (κ2) is 2.99. The van der Waals surface area contributed by atoms with Crippen LogP contribution in [-0.4, -0.2) is 8.07 Å². The maximum Gasteiger partial charge on any atom is 0.134 e. The Kier molecular flexibility index (Phi) is 2.03. The van der Waals surface area contributed by atoms with Crippen molar-refractivity contribution in [2.45, 2.75) is 26.6 Å². The molecule has 1 nitrogen and oxygen atoms in total. The van der Waals surface area contributed by atoms with Gasteiger partial charge in [0.15, 0.2) is 0 Å². The van der Waals surface area contributed by atoms with Crippen molar-refractivity contribution in [1.82, 2.24) is 0 Å². The monoisotopic (exact) mass is 204 g/mol. The molecule has 0 saturated heterocycles. The van der Waals surface area contributed by atoms with Crippen LogP contribution < -0.4 is 5.19 Å². The van der Waals surface area contributed by atoms with Crippen molar-refractivity contribution < 1.29 is 4.42 Å². The first-order valence-corrected chi connectivity index (χ1v) is 8.47. The lowest BCUT2D eigenvalue weighted by Crippen LogP contribution is -2.37. The third kappa shape index (κ3) is 1.62. The molecule has 0 unspecified atom stereocenters. The van der Waals surface area contributed by atoms with E-state index >= 15 is 0 Å². The first kappa shape index (κ1) is 9.53. The van der Waals surface area contributed by atoms with Gasteiger partial charge in [0.05, 0.1) is 8.07 Å². The summed E-state index contributed by atoms with van der Waals surface area (Å²) in [7, 11) is -1.18. The predicted octanol–water partition coefficient (Wildman–Crippen LogP) is 3.29. The number of rotatable bonds is 1. The van der Waals surface area contributed by atoms with Crippen LogP contribution in [0.15, 0.2) is 28.7 Å². The van der Waals surface area contributed by atoms with E-state index < -0.39 is 8.07 Å². The van der Waals surface area contributed by atoms with Crippen molar-refractivity contribution in [3.05, 3.63) is 30.0 Å². The van der Waals surface area contributed by atoms with Crippen molar-refractivity contribution in [2.24, 2.45) is 0 Å². The molecule has 0 amide bonds. The Hall–Kier alpha value is -1.02. The quantitative estimate of drug-likeness (QED) is 0.650. The minimum Gasteiger partial charge on any atom is -0.461 e. The van der Waals surface area contributed by atoms with E-state index in [1.54, 1.807) is 0 Å². The van der Waals surface area contributed by atoms with Crippen LogP contribution in [0.2, 0.25) is 19.6 Å². The van der Waals surface area contributed by atoms with Crippen molar-refractivity contribution in [3.63, 3.8) is 0 Å². The SMILES string of the molecule is Cc1cc2cc([Si](C)(C)C)ccc2o1. The van der Waals surface area contributed by atoms with Crippen molar-refractivity contribution >= 4 is 24.2 Å². The largest absolute Gasteiger partial charge is 0.461 e. The first-order valence-electron chi connectivity index (χ1n) is 4.97. The van der Waals surface area contributed by atoms with Gasteiger partial charge in [-0.2, -0.15) is 0 Å². The lowest BCUT2D eigenvalue weighted by Gasteiger charge is -2.15. The highest BCUT2D eigenvalue weighted by Gasteiger charge is 2.16. The van der Waals surface area contributed by atoms with Crippen molar-refractivity contribution in [3.8, 4) is 0 Å². The summed E-state index contributed by atoms with van der Waals surface area (Å²) in [5.41, 5.74) is 1.00. The smallest absolute Gasteiger partial charge is 0.134 e. The topological polar surface area (TPSA) is 13.1 Å². The number of fused-ring (bicyclic) bond motifs is 1. The van der Waals surface area contributed by atoms with Gasteiger partial charge < -0.3 is 4.42 Å². The number of hydrogen-bond donors (Lipinski definition) is 0. The molecular formula is C12H16OSi. The van der Waals surface area contributed by atoms with Crippen LogP contribution in [-0.2, 0) is 0 Å². The summed E-state index contributed by atoms with van der Waals surface area (Å²) in [5, 5.41) is 2.73. The Morgan fingerprint density at radius 3 is 2.43 bits per heavy atom. The summed E-state index contributed by atoms with van der Waals surface area (Å²) in [6.45, 7) is 9.08. The number of benzene rings is 1. The molecule has 1 aromatic heterocycles. The molecule has 74 valence electrons. The van der Waals surface area contributed by atoms with E-state index in [-0.39, 0.29) is 0 Å². The van der Waals surface area contributed by atoms with Crippen LogP contribution in [0.4, 0.5) is 0 Å². The van der Waals surface area contributed by atoms with Gasteiger partial charge in [0.2, 0.25) is 0 Å². The van der Waals surface area contributed by atoms with Gasteiger partial charge in [-0.25, -0.2) is 0 Å². The maximum absolute atomic E-state index is 5.55. The molecule has 1 heterocycles. The van der Waals surface area contributed by atoms with Crippen molar-refractivity contribution in [1.29, 1.82) is 0 Å². The van der Waals surface area contributed by atoms with E-state index in [1.807, 2.05) is 6.92 Å². The molecule has 0 radical (unpaired) electrons. The minimum atomic E-state index is -1.18. The first-order chi connectivity index (χ1) is 6.47. The van der Waals surface area contributed by atoms with E-state index in [0.29, 0.717) is 0 Å². The van der Waals surface area contributed by atoms with E-state index in [2.05, 4.69) is 43.9 Å². The maximum atomic E-state index is 5.55. The molecule has 0 N–H and O–H groups in total. The molecule has 14 heavy (non-hydrogen) atoms. The molecule has 2 heteroatoms. The summed E-state index contributed by atoms with van der Waals surface area (Å²) >= 11 is 0. The summed E-state index contributed by atoms with van der Waals surface area (Å²) in [6, 6.07) is 8.68. The molecular weight excluding hydrogens is 188 g/mol. The van der Waals surface area contributed by atoms with Gasteiger partial charge >= 0.3 is 0 Å². The van der Waals surface area contributed by atoms with Crippen LogP contribution in [0, 0.1) is 6.92 Å². The second-order valence-corrected chi connectivity index (χ2v) is 9.94. The Balaban J connectivity index is 2.62. The summed E-state index contributed by atoms with van der Waals surface area (Å²) in [4.78, 5) is 0. The highest BCUT2D eigenvalue weighted by atomic mass is 28.3. The fourth-order valence-electron chi connectivity index (χ4n) is 1.64. The van der Waals surface area contributed by atoms with E-state index in [0.717, 1.165) is 11.3 Å². The third-order valence-corrected chi connectivity index (χ3v) is 4.55. The molecule has 2 rings (SSSR count). The van der Waals surface area contributed by atoms with Crippen LogP contribution >= 0.6 is 0 Å². The van der Waals surface area contributed by atoms with Crippen LogP contribution in [0.1, 0.15) is 5.76 Å². The Morgan fingerprint density at radius 2 is 1.79 bits per heavy atom. The molecule has 2 aromatic rings. The molecule has 1 aromatic carbocycles. The van der Waals surface area contributed by atoms with Gasteiger partial charge in [0.1, 0.15) is 11.3 Å². The Bertz CT molecular complexity index is 463. The van der Waals surface area contributed by atoms with Gasteiger partial charge in [-0.3, -0.25) is 0 Å². The summed E-state index contributed by atoms with van der Waals surface area (Å²) in [6.07, 6.45) is 0. The molecule has 0 bridgehead atoms. The van der Waals surface area contributed by atoms with E-state index in [9.17, 15) is 0 Å². The number of aryl methyl sites for hydroxylation is 1. The normalized spacial score (nSPS) is 12.3. The van der Waals surface area contributed by atoms with Gasteiger partial charge in [-0.05, 0) is 19.1 Å². The summed E-state index contributed by atoms with van der Waals surface area (Å²) < 4.78 is 5.55. The zero-order valence-corrected chi connectivity index (χ0v) is 10.2. The predicted molar refractivity (Wildman–Crippen MR) is 63.9 cm³/mol. The van der Waals surface area contributed by atoms with Gasteiger partial charge in [-0.15, -0.1) is 0 Å². The highest BCUT2D eigenvalue weighted by molar-refractivity contribution is 6.88. The minimum absolute atomic E-state index is 0.993. The zero-order valence-electron chi connectivity index (χ0n) is 9.22.